The molecule has 0 bridgehead atoms. The average Bonchev–Trinajstić information content (AvgIpc) is 3.19. The fourth-order valence-electron chi connectivity index (χ4n) is 4.55. The first-order valence-electron chi connectivity index (χ1n) is 13.4. The van der Waals surface area contributed by atoms with Gasteiger partial charge in [0.25, 0.3) is 0 Å². The van der Waals surface area contributed by atoms with Gasteiger partial charge in [-0.05, 0) is 86.7 Å². The SMILES string of the molecule is CCCCc1cc2ccccn2c1Cc1ccc(OCCCN(CCCC)CCCC)c(Cl)c1. The van der Waals surface area contributed by atoms with Crippen LogP contribution in [0.1, 0.15) is 82.5 Å². The van der Waals surface area contributed by atoms with E-state index < -0.39 is 0 Å². The zero-order chi connectivity index (χ0) is 24.2. The molecule has 0 radical (unpaired) electrons. The Kier molecular flexibility index (Phi) is 11.3. The van der Waals surface area contributed by atoms with E-state index in [0.717, 1.165) is 31.6 Å². The van der Waals surface area contributed by atoms with Crippen molar-refractivity contribution < 1.29 is 4.74 Å². The first-order valence-corrected chi connectivity index (χ1v) is 13.7. The normalized spacial score (nSPS) is 11.6. The highest BCUT2D eigenvalue weighted by atomic mass is 35.5. The quantitative estimate of drug-likeness (QED) is 0.191. The third-order valence-corrected chi connectivity index (χ3v) is 6.87. The minimum atomic E-state index is 0.707. The zero-order valence-corrected chi connectivity index (χ0v) is 22.2. The van der Waals surface area contributed by atoms with E-state index in [-0.39, 0.29) is 0 Å². The van der Waals surface area contributed by atoms with Crippen molar-refractivity contribution in [3.8, 4) is 5.75 Å². The lowest BCUT2D eigenvalue weighted by Crippen LogP contribution is -2.28. The summed E-state index contributed by atoms with van der Waals surface area (Å²) in [5.41, 5.74) is 5.30. The third-order valence-electron chi connectivity index (χ3n) is 6.57. The number of pyridine rings is 1. The summed E-state index contributed by atoms with van der Waals surface area (Å²) < 4.78 is 8.40. The highest BCUT2D eigenvalue weighted by molar-refractivity contribution is 6.32. The molecule has 0 aliphatic carbocycles. The predicted octanol–water partition coefficient (Wildman–Crippen LogP) is 8.20. The van der Waals surface area contributed by atoms with Crippen molar-refractivity contribution in [1.29, 1.82) is 0 Å². The monoisotopic (exact) mass is 482 g/mol. The molecule has 34 heavy (non-hydrogen) atoms. The van der Waals surface area contributed by atoms with Crippen molar-refractivity contribution in [3.63, 3.8) is 0 Å². The van der Waals surface area contributed by atoms with Gasteiger partial charge in [0, 0.05) is 30.4 Å². The fourth-order valence-corrected chi connectivity index (χ4v) is 4.81. The van der Waals surface area contributed by atoms with Crippen molar-refractivity contribution in [1.82, 2.24) is 9.30 Å². The lowest BCUT2D eigenvalue weighted by Gasteiger charge is -2.22. The van der Waals surface area contributed by atoms with Gasteiger partial charge in [-0.1, -0.05) is 63.8 Å². The van der Waals surface area contributed by atoms with Crippen LogP contribution in [0, 0.1) is 0 Å². The molecule has 1 aromatic carbocycles. The number of fused-ring (bicyclic) bond motifs is 1. The lowest BCUT2D eigenvalue weighted by molar-refractivity contribution is 0.229. The van der Waals surface area contributed by atoms with Gasteiger partial charge < -0.3 is 14.0 Å². The molecule has 3 rings (SSSR count). The summed E-state index contributed by atoms with van der Waals surface area (Å²) in [5.74, 6) is 0.797. The van der Waals surface area contributed by atoms with Gasteiger partial charge in [0.15, 0.2) is 0 Å². The summed E-state index contributed by atoms with van der Waals surface area (Å²) in [7, 11) is 0. The maximum Gasteiger partial charge on any atom is 0.137 e. The Hall–Kier alpha value is -1.97. The van der Waals surface area contributed by atoms with Crippen LogP contribution in [0.15, 0.2) is 48.7 Å². The van der Waals surface area contributed by atoms with Gasteiger partial charge in [-0.3, -0.25) is 0 Å². The minimum absolute atomic E-state index is 0.707. The number of nitrogens with zero attached hydrogens (tertiary/aromatic N) is 2. The van der Waals surface area contributed by atoms with Gasteiger partial charge in [-0.25, -0.2) is 0 Å². The molecule has 0 aliphatic heterocycles. The first-order chi connectivity index (χ1) is 16.7. The van der Waals surface area contributed by atoms with Gasteiger partial charge in [-0.2, -0.15) is 0 Å². The van der Waals surface area contributed by atoms with E-state index in [9.17, 15) is 0 Å². The van der Waals surface area contributed by atoms with Crippen LogP contribution < -0.4 is 4.74 Å². The molecule has 0 amide bonds. The van der Waals surface area contributed by atoms with E-state index in [1.54, 1.807) is 0 Å². The molecule has 3 nitrogen and oxygen atoms in total. The number of unbranched alkanes of at least 4 members (excludes halogenated alkanes) is 3. The molecule has 2 heterocycles. The predicted molar refractivity (Wildman–Crippen MR) is 147 cm³/mol. The number of ether oxygens (including phenoxy) is 1. The lowest BCUT2D eigenvalue weighted by atomic mass is 10.0. The van der Waals surface area contributed by atoms with Crippen LogP contribution in [0.2, 0.25) is 5.02 Å². The van der Waals surface area contributed by atoms with Gasteiger partial charge >= 0.3 is 0 Å². The van der Waals surface area contributed by atoms with Crippen LogP contribution in [-0.2, 0) is 12.8 Å². The Labute approximate surface area is 212 Å². The Bertz CT molecular complexity index is 989. The average molecular weight is 483 g/mol. The van der Waals surface area contributed by atoms with Crippen molar-refractivity contribution in [2.45, 2.75) is 78.6 Å². The fraction of sp³-hybridized carbons (Fsp3) is 0.533. The standard InChI is InChI=1S/C30H43ClN2O/c1-4-7-13-26-24-27-14-10-11-20-33(27)29(26)23-25-15-16-30(28(31)22-25)34-21-12-19-32(17-8-5-2)18-9-6-3/h10-11,14-16,20,22,24H,4-9,12-13,17-19,21,23H2,1-3H3. The molecule has 0 saturated heterocycles. The van der Waals surface area contributed by atoms with Crippen LogP contribution in [0.5, 0.6) is 5.75 Å². The first kappa shape index (κ1) is 26.6. The van der Waals surface area contributed by atoms with Crippen LogP contribution >= 0.6 is 11.6 Å². The Morgan fingerprint density at radius 3 is 2.29 bits per heavy atom. The molecule has 0 spiro atoms. The van der Waals surface area contributed by atoms with Crippen LogP contribution in [0.4, 0.5) is 0 Å². The Morgan fingerprint density at radius 1 is 0.853 bits per heavy atom. The third kappa shape index (κ3) is 7.78. The molecule has 0 unspecified atom stereocenters. The number of aryl methyl sites for hydroxylation is 1. The van der Waals surface area contributed by atoms with Crippen molar-refractivity contribution in [3.05, 3.63) is 70.5 Å². The molecule has 0 N–H and O–H groups in total. The summed E-state index contributed by atoms with van der Waals surface area (Å²) in [6, 6.07) is 15.0. The van der Waals surface area contributed by atoms with Gasteiger partial charge in [0.1, 0.15) is 5.75 Å². The van der Waals surface area contributed by atoms with Crippen molar-refractivity contribution in [2.75, 3.05) is 26.2 Å². The molecule has 4 heteroatoms. The molecule has 186 valence electrons. The maximum absolute atomic E-state index is 6.65. The smallest absolute Gasteiger partial charge is 0.137 e. The number of halogens is 1. The number of benzene rings is 1. The molecule has 2 aromatic heterocycles. The van der Waals surface area contributed by atoms with E-state index >= 15 is 0 Å². The zero-order valence-electron chi connectivity index (χ0n) is 21.5. The molecular weight excluding hydrogens is 440 g/mol. The number of aromatic nitrogens is 1. The second-order valence-electron chi connectivity index (χ2n) is 9.41. The van der Waals surface area contributed by atoms with Crippen LogP contribution in [0.3, 0.4) is 0 Å². The van der Waals surface area contributed by atoms with E-state index in [2.05, 4.69) is 72.7 Å². The molecule has 3 aromatic rings. The van der Waals surface area contributed by atoms with Crippen molar-refractivity contribution >= 4 is 17.1 Å². The topological polar surface area (TPSA) is 16.9 Å². The van der Waals surface area contributed by atoms with Gasteiger partial charge in [0.2, 0.25) is 0 Å². The van der Waals surface area contributed by atoms with Crippen LogP contribution in [-0.4, -0.2) is 35.5 Å². The summed E-state index contributed by atoms with van der Waals surface area (Å²) in [6.07, 6.45) is 12.7. The van der Waals surface area contributed by atoms with E-state index in [4.69, 9.17) is 16.3 Å². The molecule has 0 fully saturated rings. The maximum atomic E-state index is 6.65. The second kappa shape index (κ2) is 14.4. The largest absolute Gasteiger partial charge is 0.492 e. The summed E-state index contributed by atoms with van der Waals surface area (Å²) >= 11 is 6.65. The van der Waals surface area contributed by atoms with E-state index in [1.165, 1.54) is 74.0 Å². The number of hydrogen-bond donors (Lipinski definition) is 0. The van der Waals surface area contributed by atoms with Crippen LogP contribution in [0.25, 0.3) is 5.52 Å². The minimum Gasteiger partial charge on any atom is -0.492 e. The Morgan fingerprint density at radius 2 is 1.59 bits per heavy atom. The molecule has 0 aliphatic rings. The summed E-state index contributed by atoms with van der Waals surface area (Å²) in [5, 5.41) is 0.710. The Balaban J connectivity index is 1.59. The summed E-state index contributed by atoms with van der Waals surface area (Å²) in [6.45, 7) is 11.0. The molecule has 0 saturated carbocycles. The number of rotatable bonds is 16. The highest BCUT2D eigenvalue weighted by Gasteiger charge is 2.12. The molecule has 0 atom stereocenters. The highest BCUT2D eigenvalue weighted by Crippen LogP contribution is 2.28. The molecular formula is C30H43ClN2O. The summed E-state index contributed by atoms with van der Waals surface area (Å²) in [4.78, 5) is 2.58. The van der Waals surface area contributed by atoms with E-state index in [1.807, 2.05) is 6.07 Å². The second-order valence-corrected chi connectivity index (χ2v) is 9.81. The van der Waals surface area contributed by atoms with E-state index in [0.29, 0.717) is 11.6 Å². The van der Waals surface area contributed by atoms with Gasteiger partial charge in [0.05, 0.1) is 11.6 Å². The van der Waals surface area contributed by atoms with Gasteiger partial charge in [-0.15, -0.1) is 0 Å². The number of hydrogen-bond acceptors (Lipinski definition) is 2. The van der Waals surface area contributed by atoms with Crippen molar-refractivity contribution in [2.24, 2.45) is 0 Å².